The van der Waals surface area contributed by atoms with Gasteiger partial charge in [-0.3, -0.25) is 0 Å². The van der Waals surface area contributed by atoms with E-state index in [1.54, 1.807) is 11.3 Å². The monoisotopic (exact) mass is 254 g/mol. The van der Waals surface area contributed by atoms with E-state index >= 15 is 0 Å². The molecule has 0 aliphatic heterocycles. The fourth-order valence-corrected chi connectivity index (χ4v) is 2.86. The molecule has 17 heavy (non-hydrogen) atoms. The molecule has 3 heteroatoms. The molecule has 0 spiro atoms. The summed E-state index contributed by atoms with van der Waals surface area (Å²) >= 11 is 1.77. The van der Waals surface area contributed by atoms with E-state index in [-0.39, 0.29) is 5.54 Å². The Morgan fingerprint density at radius 2 is 2.00 bits per heavy atom. The minimum Gasteiger partial charge on any atom is -0.312 e. The predicted molar refractivity (Wildman–Crippen MR) is 76.6 cm³/mol. The molecule has 0 aliphatic rings. The van der Waals surface area contributed by atoms with Crippen molar-refractivity contribution in [3.05, 3.63) is 16.6 Å². The van der Waals surface area contributed by atoms with Crippen LogP contribution in [0.4, 0.5) is 0 Å². The van der Waals surface area contributed by atoms with Crippen LogP contribution in [0, 0.1) is 5.41 Å². The molecule has 1 rings (SSSR count). The number of nitrogens with one attached hydrogen (secondary N) is 1. The molecule has 0 amide bonds. The van der Waals surface area contributed by atoms with Crippen LogP contribution in [0.25, 0.3) is 0 Å². The van der Waals surface area contributed by atoms with Gasteiger partial charge < -0.3 is 5.32 Å². The lowest BCUT2D eigenvalue weighted by Gasteiger charge is -2.33. The van der Waals surface area contributed by atoms with Gasteiger partial charge in [0.15, 0.2) is 0 Å². The van der Waals surface area contributed by atoms with E-state index < -0.39 is 0 Å². The normalized spacial score (nSPS) is 15.8. The fourth-order valence-electron chi connectivity index (χ4n) is 2.03. The highest BCUT2D eigenvalue weighted by Gasteiger charge is 2.26. The molecule has 0 saturated carbocycles. The zero-order valence-electron chi connectivity index (χ0n) is 11.8. The molecule has 1 aromatic rings. The number of nitrogens with zero attached hydrogens (tertiary/aromatic N) is 1. The molecule has 0 radical (unpaired) electrons. The minimum absolute atomic E-state index is 0.192. The second-order valence-corrected chi connectivity index (χ2v) is 7.25. The van der Waals surface area contributed by atoms with Crippen LogP contribution in [-0.2, 0) is 6.42 Å². The van der Waals surface area contributed by atoms with Crippen LogP contribution in [0.15, 0.2) is 11.6 Å². The molecule has 98 valence electrons. The molecule has 0 bridgehead atoms. The molecule has 1 aromatic heterocycles. The van der Waals surface area contributed by atoms with Gasteiger partial charge in [-0.2, -0.15) is 0 Å². The standard InChI is InChI=1S/C14H26N2S/c1-6-7-14(5,11-16-13(2,3)4)10-12-15-8-9-17-12/h8-9,16H,6-7,10-11H2,1-5H3. The number of thiazole rings is 1. The molecule has 1 atom stereocenters. The van der Waals surface area contributed by atoms with Gasteiger partial charge in [0.05, 0.1) is 5.01 Å². The van der Waals surface area contributed by atoms with Gasteiger partial charge in [-0.25, -0.2) is 4.98 Å². The Bertz CT molecular complexity index is 313. The number of aromatic nitrogens is 1. The van der Waals surface area contributed by atoms with E-state index in [1.165, 1.54) is 17.8 Å². The highest BCUT2D eigenvalue weighted by atomic mass is 32.1. The number of hydrogen-bond acceptors (Lipinski definition) is 3. The maximum atomic E-state index is 4.42. The summed E-state index contributed by atoms with van der Waals surface area (Å²) in [6.07, 6.45) is 5.47. The Kier molecular flexibility index (Phi) is 5.14. The third-order valence-electron chi connectivity index (χ3n) is 2.96. The number of hydrogen-bond donors (Lipinski definition) is 1. The quantitative estimate of drug-likeness (QED) is 0.833. The predicted octanol–water partition coefficient (Wildman–Crippen LogP) is 3.88. The van der Waals surface area contributed by atoms with Crippen LogP contribution in [0.1, 0.15) is 52.5 Å². The van der Waals surface area contributed by atoms with Crippen LogP contribution in [0.5, 0.6) is 0 Å². The molecule has 1 unspecified atom stereocenters. The van der Waals surface area contributed by atoms with E-state index in [4.69, 9.17) is 0 Å². The first-order valence-electron chi connectivity index (χ1n) is 6.48. The topological polar surface area (TPSA) is 24.9 Å². The van der Waals surface area contributed by atoms with Crippen molar-refractivity contribution in [2.75, 3.05) is 6.54 Å². The largest absolute Gasteiger partial charge is 0.312 e. The Morgan fingerprint density at radius 3 is 2.47 bits per heavy atom. The molecule has 1 heterocycles. The van der Waals surface area contributed by atoms with Crippen molar-refractivity contribution in [3.63, 3.8) is 0 Å². The Hall–Kier alpha value is -0.410. The summed E-state index contributed by atoms with van der Waals surface area (Å²) in [7, 11) is 0. The molecular formula is C14H26N2S. The smallest absolute Gasteiger partial charge is 0.0930 e. The Morgan fingerprint density at radius 1 is 1.29 bits per heavy atom. The van der Waals surface area contributed by atoms with Crippen molar-refractivity contribution >= 4 is 11.3 Å². The van der Waals surface area contributed by atoms with Crippen molar-refractivity contribution < 1.29 is 0 Å². The molecular weight excluding hydrogens is 228 g/mol. The SMILES string of the molecule is CCCC(C)(CNC(C)(C)C)Cc1nccs1. The van der Waals surface area contributed by atoms with Gasteiger partial charge in [-0.05, 0) is 32.6 Å². The summed E-state index contributed by atoms with van der Waals surface area (Å²) < 4.78 is 0. The minimum atomic E-state index is 0.192. The maximum absolute atomic E-state index is 4.42. The van der Waals surface area contributed by atoms with Crippen molar-refractivity contribution in [1.82, 2.24) is 10.3 Å². The summed E-state index contributed by atoms with van der Waals surface area (Å²) in [5.74, 6) is 0. The first-order valence-corrected chi connectivity index (χ1v) is 7.36. The van der Waals surface area contributed by atoms with Gasteiger partial charge in [-0.15, -0.1) is 11.3 Å². The second-order valence-electron chi connectivity index (χ2n) is 6.27. The first kappa shape index (κ1) is 14.7. The average molecular weight is 254 g/mol. The maximum Gasteiger partial charge on any atom is 0.0930 e. The summed E-state index contributed by atoms with van der Waals surface area (Å²) in [6.45, 7) is 12.4. The Labute approximate surface area is 110 Å². The van der Waals surface area contributed by atoms with Crippen LogP contribution < -0.4 is 5.32 Å². The van der Waals surface area contributed by atoms with Gasteiger partial charge in [0.25, 0.3) is 0 Å². The lowest BCUT2D eigenvalue weighted by molar-refractivity contribution is 0.243. The lowest BCUT2D eigenvalue weighted by Crippen LogP contribution is -2.43. The van der Waals surface area contributed by atoms with Gasteiger partial charge in [0.1, 0.15) is 0 Å². The zero-order valence-corrected chi connectivity index (χ0v) is 12.7. The van der Waals surface area contributed by atoms with Gasteiger partial charge >= 0.3 is 0 Å². The molecule has 0 aromatic carbocycles. The molecule has 0 fully saturated rings. The highest BCUT2D eigenvalue weighted by molar-refractivity contribution is 7.09. The van der Waals surface area contributed by atoms with Gasteiger partial charge in [0, 0.05) is 30.1 Å². The van der Waals surface area contributed by atoms with E-state index in [1.807, 2.05) is 6.20 Å². The average Bonchev–Trinajstić information content (AvgIpc) is 2.67. The lowest BCUT2D eigenvalue weighted by atomic mass is 9.81. The van der Waals surface area contributed by atoms with E-state index in [9.17, 15) is 0 Å². The van der Waals surface area contributed by atoms with Crippen molar-refractivity contribution in [2.45, 2.75) is 59.4 Å². The van der Waals surface area contributed by atoms with Crippen LogP contribution >= 0.6 is 11.3 Å². The third kappa shape index (κ3) is 5.64. The van der Waals surface area contributed by atoms with Gasteiger partial charge in [-0.1, -0.05) is 20.3 Å². The van der Waals surface area contributed by atoms with Gasteiger partial charge in [0.2, 0.25) is 0 Å². The second kappa shape index (κ2) is 5.96. The van der Waals surface area contributed by atoms with E-state index in [2.05, 4.69) is 50.3 Å². The summed E-state index contributed by atoms with van der Waals surface area (Å²) in [6, 6.07) is 0. The molecule has 1 N–H and O–H groups in total. The van der Waals surface area contributed by atoms with Crippen LogP contribution in [0.3, 0.4) is 0 Å². The van der Waals surface area contributed by atoms with Crippen LogP contribution in [0.2, 0.25) is 0 Å². The summed E-state index contributed by atoms with van der Waals surface area (Å²) in [5, 5.41) is 6.97. The van der Waals surface area contributed by atoms with Crippen molar-refractivity contribution in [2.24, 2.45) is 5.41 Å². The van der Waals surface area contributed by atoms with E-state index in [0.29, 0.717) is 5.41 Å². The highest BCUT2D eigenvalue weighted by Crippen LogP contribution is 2.29. The molecule has 2 nitrogen and oxygen atoms in total. The summed E-state index contributed by atoms with van der Waals surface area (Å²) in [5.41, 5.74) is 0.512. The van der Waals surface area contributed by atoms with Crippen molar-refractivity contribution in [1.29, 1.82) is 0 Å². The summed E-state index contributed by atoms with van der Waals surface area (Å²) in [4.78, 5) is 4.42. The molecule has 0 aliphatic carbocycles. The zero-order chi connectivity index (χ0) is 12.9. The molecule has 0 saturated heterocycles. The van der Waals surface area contributed by atoms with E-state index in [0.717, 1.165) is 13.0 Å². The Balaban J connectivity index is 2.61. The third-order valence-corrected chi connectivity index (χ3v) is 3.74. The fraction of sp³-hybridized carbons (Fsp3) is 0.786. The number of rotatable bonds is 6. The van der Waals surface area contributed by atoms with Crippen LogP contribution in [-0.4, -0.2) is 17.1 Å². The first-order chi connectivity index (χ1) is 7.85. The van der Waals surface area contributed by atoms with Crippen molar-refractivity contribution in [3.8, 4) is 0 Å².